The third-order valence-corrected chi connectivity index (χ3v) is 5.31. The van der Waals surface area contributed by atoms with Crippen molar-refractivity contribution in [2.24, 2.45) is 0 Å². The molecule has 1 saturated heterocycles. The van der Waals surface area contributed by atoms with Gasteiger partial charge in [0.05, 0.1) is 18.2 Å². The Morgan fingerprint density at radius 2 is 1.71 bits per heavy atom. The van der Waals surface area contributed by atoms with Crippen LogP contribution in [-0.4, -0.2) is 48.1 Å². The first-order valence-corrected chi connectivity index (χ1v) is 10.7. The molecule has 0 aliphatic carbocycles. The van der Waals surface area contributed by atoms with E-state index in [-0.39, 0.29) is 11.3 Å². The normalized spacial score (nSPS) is 17.9. The standard InChI is InChI=1S/C24H26ClNO5/c1-3-30-15-5-14-26-21(16-6-10-18(25)11-7-16)20(23(28)24(26)29)22(27)17-8-12-19(13-9-17)31-4-2/h6-13,21,27H,3-5,14-15H2,1-2H3. The summed E-state index contributed by atoms with van der Waals surface area (Å²) >= 11 is 6.03. The van der Waals surface area contributed by atoms with E-state index in [1.165, 1.54) is 4.90 Å². The number of halogens is 1. The van der Waals surface area contributed by atoms with Crippen LogP contribution in [0.5, 0.6) is 5.75 Å². The van der Waals surface area contributed by atoms with E-state index in [0.29, 0.717) is 54.7 Å². The molecule has 1 unspecified atom stereocenters. The van der Waals surface area contributed by atoms with Gasteiger partial charge in [-0.25, -0.2) is 0 Å². The Balaban J connectivity index is 2.02. The Kier molecular flexibility index (Phi) is 7.71. The number of aliphatic hydroxyl groups excluding tert-OH is 1. The smallest absolute Gasteiger partial charge is 0.295 e. The van der Waals surface area contributed by atoms with Gasteiger partial charge in [-0.3, -0.25) is 9.59 Å². The molecule has 0 bridgehead atoms. The quantitative estimate of drug-likeness (QED) is 0.265. The van der Waals surface area contributed by atoms with Gasteiger partial charge in [-0.15, -0.1) is 0 Å². The summed E-state index contributed by atoms with van der Waals surface area (Å²) in [5.41, 5.74) is 1.20. The molecule has 1 atom stereocenters. The van der Waals surface area contributed by atoms with Crippen molar-refractivity contribution in [2.75, 3.05) is 26.4 Å². The molecule has 0 spiro atoms. The molecule has 6 nitrogen and oxygen atoms in total. The largest absolute Gasteiger partial charge is 0.507 e. The zero-order valence-corrected chi connectivity index (χ0v) is 18.4. The number of ether oxygens (including phenoxy) is 2. The summed E-state index contributed by atoms with van der Waals surface area (Å²) < 4.78 is 10.8. The van der Waals surface area contributed by atoms with Crippen LogP contribution in [0.3, 0.4) is 0 Å². The van der Waals surface area contributed by atoms with Gasteiger partial charge in [0.15, 0.2) is 0 Å². The lowest BCUT2D eigenvalue weighted by Gasteiger charge is -2.25. The number of likely N-dealkylation sites (tertiary alicyclic amines) is 1. The minimum absolute atomic E-state index is 0.0629. The van der Waals surface area contributed by atoms with E-state index in [1.807, 2.05) is 13.8 Å². The Labute approximate surface area is 187 Å². The van der Waals surface area contributed by atoms with Crippen LogP contribution >= 0.6 is 11.6 Å². The zero-order valence-electron chi connectivity index (χ0n) is 17.6. The Morgan fingerprint density at radius 1 is 1.03 bits per heavy atom. The molecule has 2 aromatic rings. The molecule has 1 aliphatic heterocycles. The first kappa shape index (κ1) is 22.8. The van der Waals surface area contributed by atoms with E-state index in [0.717, 1.165) is 0 Å². The molecule has 1 fully saturated rings. The Morgan fingerprint density at radius 3 is 2.32 bits per heavy atom. The van der Waals surface area contributed by atoms with Crippen molar-refractivity contribution >= 4 is 29.1 Å². The number of ketones is 1. The number of hydrogen-bond acceptors (Lipinski definition) is 5. The third-order valence-electron chi connectivity index (χ3n) is 5.06. The number of rotatable bonds is 9. The average Bonchev–Trinajstić information content (AvgIpc) is 3.02. The molecule has 0 aromatic heterocycles. The molecule has 7 heteroatoms. The number of benzene rings is 2. The van der Waals surface area contributed by atoms with Crippen LogP contribution in [0.1, 0.15) is 37.4 Å². The van der Waals surface area contributed by atoms with Crippen LogP contribution in [0, 0.1) is 0 Å². The summed E-state index contributed by atoms with van der Waals surface area (Å²) in [4.78, 5) is 27.3. The molecular formula is C24H26ClNO5. The number of aliphatic hydroxyl groups is 1. The molecule has 0 radical (unpaired) electrons. The summed E-state index contributed by atoms with van der Waals surface area (Å²) in [6.45, 7) is 5.69. The monoisotopic (exact) mass is 443 g/mol. The number of carbonyl (C=O) groups excluding carboxylic acids is 2. The average molecular weight is 444 g/mol. The molecule has 3 rings (SSSR count). The van der Waals surface area contributed by atoms with E-state index in [2.05, 4.69) is 0 Å². The Hall–Kier alpha value is -2.83. The summed E-state index contributed by atoms with van der Waals surface area (Å²) in [6, 6.07) is 13.0. The van der Waals surface area contributed by atoms with Gasteiger partial charge in [0.2, 0.25) is 0 Å². The highest BCUT2D eigenvalue weighted by atomic mass is 35.5. The zero-order chi connectivity index (χ0) is 22.4. The molecule has 0 saturated carbocycles. The number of hydrogen-bond donors (Lipinski definition) is 1. The Bertz CT molecular complexity index is 953. The summed E-state index contributed by atoms with van der Waals surface area (Å²) in [5, 5.41) is 11.6. The van der Waals surface area contributed by atoms with Crippen molar-refractivity contribution < 1.29 is 24.2 Å². The predicted octanol–water partition coefficient (Wildman–Crippen LogP) is 4.59. The summed E-state index contributed by atoms with van der Waals surface area (Å²) in [5.74, 6) is -0.898. The third kappa shape index (κ3) is 5.09. The summed E-state index contributed by atoms with van der Waals surface area (Å²) in [7, 11) is 0. The van der Waals surface area contributed by atoms with Gasteiger partial charge < -0.3 is 19.5 Å². The molecule has 31 heavy (non-hydrogen) atoms. The lowest BCUT2D eigenvalue weighted by atomic mass is 9.95. The molecule has 1 amide bonds. The van der Waals surface area contributed by atoms with Crippen LogP contribution in [0.25, 0.3) is 5.76 Å². The first-order chi connectivity index (χ1) is 15.0. The number of carbonyl (C=O) groups is 2. The first-order valence-electron chi connectivity index (χ1n) is 10.3. The molecule has 2 aromatic carbocycles. The van der Waals surface area contributed by atoms with Crippen molar-refractivity contribution in [1.82, 2.24) is 4.90 Å². The van der Waals surface area contributed by atoms with Crippen LogP contribution < -0.4 is 4.74 Å². The van der Waals surface area contributed by atoms with Gasteiger partial charge in [0, 0.05) is 30.3 Å². The van der Waals surface area contributed by atoms with E-state index in [1.54, 1.807) is 48.5 Å². The van der Waals surface area contributed by atoms with Crippen molar-refractivity contribution in [3.63, 3.8) is 0 Å². The lowest BCUT2D eigenvalue weighted by Crippen LogP contribution is -2.31. The highest BCUT2D eigenvalue weighted by molar-refractivity contribution is 6.46. The fraction of sp³-hybridized carbons (Fsp3) is 0.333. The molecule has 164 valence electrons. The van der Waals surface area contributed by atoms with Crippen LogP contribution in [0.2, 0.25) is 5.02 Å². The molecule has 1 N–H and O–H groups in total. The van der Waals surface area contributed by atoms with Gasteiger partial charge in [0.1, 0.15) is 11.5 Å². The van der Waals surface area contributed by atoms with Gasteiger partial charge in [-0.05, 0) is 62.2 Å². The van der Waals surface area contributed by atoms with Crippen molar-refractivity contribution in [3.05, 3.63) is 70.3 Å². The van der Waals surface area contributed by atoms with Crippen LogP contribution in [-0.2, 0) is 14.3 Å². The number of nitrogens with zero attached hydrogens (tertiary/aromatic N) is 1. The van der Waals surface area contributed by atoms with Gasteiger partial charge in [-0.1, -0.05) is 23.7 Å². The van der Waals surface area contributed by atoms with E-state index >= 15 is 0 Å². The van der Waals surface area contributed by atoms with Crippen LogP contribution in [0.15, 0.2) is 54.1 Å². The van der Waals surface area contributed by atoms with Gasteiger partial charge >= 0.3 is 0 Å². The van der Waals surface area contributed by atoms with Crippen molar-refractivity contribution in [1.29, 1.82) is 0 Å². The van der Waals surface area contributed by atoms with E-state index in [9.17, 15) is 14.7 Å². The maximum absolute atomic E-state index is 12.9. The SMILES string of the molecule is CCOCCCN1C(=O)C(=O)C(=C(O)c2ccc(OCC)cc2)C1c1ccc(Cl)cc1. The number of Topliss-reactive ketones (excluding diaryl/α,β-unsaturated/α-hetero) is 1. The maximum atomic E-state index is 12.9. The molecule has 1 aliphatic rings. The maximum Gasteiger partial charge on any atom is 0.295 e. The highest BCUT2D eigenvalue weighted by Crippen LogP contribution is 2.39. The second-order valence-electron chi connectivity index (χ2n) is 7.05. The molecule has 1 heterocycles. The second kappa shape index (κ2) is 10.5. The minimum Gasteiger partial charge on any atom is -0.507 e. The van der Waals surface area contributed by atoms with E-state index < -0.39 is 17.7 Å². The van der Waals surface area contributed by atoms with Gasteiger partial charge in [-0.2, -0.15) is 0 Å². The fourth-order valence-electron chi connectivity index (χ4n) is 3.61. The lowest BCUT2D eigenvalue weighted by molar-refractivity contribution is -0.140. The van der Waals surface area contributed by atoms with Crippen LogP contribution in [0.4, 0.5) is 0 Å². The minimum atomic E-state index is -0.706. The fourth-order valence-corrected chi connectivity index (χ4v) is 3.74. The predicted molar refractivity (Wildman–Crippen MR) is 119 cm³/mol. The topological polar surface area (TPSA) is 76.1 Å². The van der Waals surface area contributed by atoms with Crippen molar-refractivity contribution in [2.45, 2.75) is 26.3 Å². The van der Waals surface area contributed by atoms with Crippen molar-refractivity contribution in [3.8, 4) is 5.75 Å². The second-order valence-corrected chi connectivity index (χ2v) is 7.49. The highest BCUT2D eigenvalue weighted by Gasteiger charge is 2.45. The summed E-state index contributed by atoms with van der Waals surface area (Å²) in [6.07, 6.45) is 0.577. The van der Waals surface area contributed by atoms with Gasteiger partial charge in [0.25, 0.3) is 11.7 Å². The van der Waals surface area contributed by atoms with E-state index in [4.69, 9.17) is 21.1 Å². The number of amides is 1. The molecular weight excluding hydrogens is 418 g/mol.